The lowest BCUT2D eigenvalue weighted by molar-refractivity contribution is 0.0600. The van der Waals surface area contributed by atoms with Gasteiger partial charge in [-0.05, 0) is 23.8 Å². The fourth-order valence-corrected chi connectivity index (χ4v) is 1.59. The van der Waals surface area contributed by atoms with Gasteiger partial charge in [-0.2, -0.15) is 0 Å². The van der Waals surface area contributed by atoms with E-state index in [0.717, 1.165) is 11.8 Å². The van der Waals surface area contributed by atoms with Gasteiger partial charge in [-0.3, -0.25) is 4.98 Å². The van der Waals surface area contributed by atoms with E-state index in [0.29, 0.717) is 17.8 Å². The Morgan fingerprint density at radius 2 is 2.05 bits per heavy atom. The molecule has 0 bridgehead atoms. The van der Waals surface area contributed by atoms with Crippen molar-refractivity contribution in [3.63, 3.8) is 0 Å². The quantitative estimate of drug-likeness (QED) is 0.858. The molecule has 0 radical (unpaired) electrons. The highest BCUT2D eigenvalue weighted by atomic mass is 19.1. The zero-order valence-corrected chi connectivity index (χ0v) is 10.4. The Morgan fingerprint density at radius 3 is 2.68 bits per heavy atom. The van der Waals surface area contributed by atoms with E-state index in [9.17, 15) is 9.18 Å². The normalized spacial score (nSPS) is 10.0. The Bertz CT molecular complexity index is 570. The molecule has 0 aliphatic heterocycles. The van der Waals surface area contributed by atoms with Crippen molar-refractivity contribution in [2.24, 2.45) is 0 Å². The third-order valence-corrected chi connectivity index (χ3v) is 2.63. The Morgan fingerprint density at radius 1 is 1.32 bits per heavy atom. The number of carbonyl (C=O) groups is 1. The zero-order valence-electron chi connectivity index (χ0n) is 10.4. The molecule has 1 aromatic carbocycles. The van der Waals surface area contributed by atoms with Crippen molar-refractivity contribution in [3.8, 4) is 0 Å². The molecule has 4 nitrogen and oxygen atoms in total. The second-order valence-corrected chi connectivity index (χ2v) is 3.90. The van der Waals surface area contributed by atoms with Crippen molar-refractivity contribution in [1.29, 1.82) is 0 Å². The smallest absolute Gasteiger partial charge is 0.337 e. The first kappa shape index (κ1) is 13.0. The molecular weight excluding hydrogens is 247 g/mol. The van der Waals surface area contributed by atoms with Crippen LogP contribution in [0.25, 0.3) is 0 Å². The average molecular weight is 260 g/mol. The molecule has 0 amide bonds. The third-order valence-electron chi connectivity index (χ3n) is 2.63. The van der Waals surface area contributed by atoms with Crippen LogP contribution < -0.4 is 5.32 Å². The fourth-order valence-electron chi connectivity index (χ4n) is 1.59. The monoisotopic (exact) mass is 260 g/mol. The van der Waals surface area contributed by atoms with E-state index in [1.165, 1.54) is 13.3 Å². The van der Waals surface area contributed by atoms with E-state index in [-0.39, 0.29) is 5.97 Å². The van der Waals surface area contributed by atoms with Crippen molar-refractivity contribution < 1.29 is 13.9 Å². The molecule has 19 heavy (non-hydrogen) atoms. The summed E-state index contributed by atoms with van der Waals surface area (Å²) in [5.41, 5.74) is 1.82. The van der Waals surface area contributed by atoms with Gasteiger partial charge in [0.15, 0.2) is 5.82 Å². The van der Waals surface area contributed by atoms with Crippen LogP contribution in [0.5, 0.6) is 0 Å². The number of anilines is 1. The number of carbonyl (C=O) groups excluding carboxylic acids is 1. The molecule has 98 valence electrons. The molecular formula is C14H13FN2O2. The van der Waals surface area contributed by atoms with Gasteiger partial charge < -0.3 is 10.1 Å². The second kappa shape index (κ2) is 5.95. The van der Waals surface area contributed by atoms with Gasteiger partial charge in [-0.1, -0.05) is 12.1 Å². The topological polar surface area (TPSA) is 51.2 Å². The number of methoxy groups -OCH3 is 1. The number of pyridine rings is 1. The number of halogens is 1. The summed E-state index contributed by atoms with van der Waals surface area (Å²) >= 11 is 0. The number of benzene rings is 1. The number of hydrogen-bond donors (Lipinski definition) is 1. The minimum absolute atomic E-state index is 0.375. The highest BCUT2D eigenvalue weighted by Gasteiger charge is 2.05. The lowest BCUT2D eigenvalue weighted by atomic mass is 10.1. The SMILES string of the molecule is COC(=O)c1ccc(CNc2ccncc2F)cc1. The van der Waals surface area contributed by atoms with Gasteiger partial charge in [0, 0.05) is 12.7 Å². The van der Waals surface area contributed by atoms with Crippen LogP contribution in [0.1, 0.15) is 15.9 Å². The summed E-state index contributed by atoms with van der Waals surface area (Å²) in [6.45, 7) is 0.461. The predicted molar refractivity (Wildman–Crippen MR) is 69.3 cm³/mol. The van der Waals surface area contributed by atoms with Crippen LogP contribution in [-0.4, -0.2) is 18.1 Å². The molecule has 0 aliphatic carbocycles. The summed E-state index contributed by atoms with van der Waals surface area (Å²) < 4.78 is 17.9. The Hall–Kier alpha value is -2.43. The van der Waals surface area contributed by atoms with Crippen LogP contribution in [0.15, 0.2) is 42.7 Å². The number of rotatable bonds is 4. The van der Waals surface area contributed by atoms with E-state index < -0.39 is 5.82 Å². The van der Waals surface area contributed by atoms with E-state index >= 15 is 0 Å². The lowest BCUT2D eigenvalue weighted by Crippen LogP contribution is -2.04. The van der Waals surface area contributed by atoms with Crippen molar-refractivity contribution in [2.75, 3.05) is 12.4 Å². The molecule has 0 saturated heterocycles. The maximum Gasteiger partial charge on any atom is 0.337 e. The lowest BCUT2D eigenvalue weighted by Gasteiger charge is -2.07. The minimum Gasteiger partial charge on any atom is -0.465 e. The number of hydrogen-bond acceptors (Lipinski definition) is 4. The maximum absolute atomic E-state index is 13.3. The summed E-state index contributed by atoms with van der Waals surface area (Å²) in [5.74, 6) is -0.770. The molecule has 0 unspecified atom stereocenters. The molecule has 1 N–H and O–H groups in total. The number of nitrogens with zero attached hydrogens (tertiary/aromatic N) is 1. The minimum atomic E-state index is -0.395. The Labute approximate surface area is 110 Å². The van der Waals surface area contributed by atoms with Crippen LogP contribution in [0, 0.1) is 5.82 Å². The largest absolute Gasteiger partial charge is 0.465 e. The number of ether oxygens (including phenoxy) is 1. The number of nitrogens with one attached hydrogen (secondary N) is 1. The molecule has 1 heterocycles. The van der Waals surface area contributed by atoms with E-state index in [1.54, 1.807) is 30.3 Å². The standard InChI is InChI=1S/C14H13FN2O2/c1-19-14(18)11-4-2-10(3-5-11)8-17-13-6-7-16-9-12(13)15/h2-7,9H,8H2,1H3,(H,16,17). The summed E-state index contributed by atoms with van der Waals surface area (Å²) in [4.78, 5) is 14.9. The first-order valence-electron chi connectivity index (χ1n) is 5.71. The van der Waals surface area contributed by atoms with Crippen molar-refractivity contribution in [3.05, 3.63) is 59.7 Å². The van der Waals surface area contributed by atoms with Gasteiger partial charge in [-0.15, -0.1) is 0 Å². The van der Waals surface area contributed by atoms with E-state index in [2.05, 4.69) is 15.0 Å². The summed E-state index contributed by atoms with van der Waals surface area (Å²) in [6.07, 6.45) is 2.68. The third kappa shape index (κ3) is 3.28. The molecule has 0 fully saturated rings. The van der Waals surface area contributed by atoms with Gasteiger partial charge >= 0.3 is 5.97 Å². The molecule has 2 rings (SSSR count). The molecule has 2 aromatic rings. The molecule has 0 atom stereocenters. The van der Waals surface area contributed by atoms with Crippen molar-refractivity contribution in [1.82, 2.24) is 4.98 Å². The van der Waals surface area contributed by atoms with Crippen LogP contribution >= 0.6 is 0 Å². The van der Waals surface area contributed by atoms with Crippen LogP contribution in [0.4, 0.5) is 10.1 Å². The van der Waals surface area contributed by atoms with E-state index in [4.69, 9.17) is 0 Å². The van der Waals surface area contributed by atoms with Gasteiger partial charge in [-0.25, -0.2) is 9.18 Å². The van der Waals surface area contributed by atoms with Gasteiger partial charge in [0.1, 0.15) is 0 Å². The number of aromatic nitrogens is 1. The first-order chi connectivity index (χ1) is 9.20. The summed E-state index contributed by atoms with van der Waals surface area (Å²) in [6, 6.07) is 8.49. The molecule has 0 aliphatic rings. The second-order valence-electron chi connectivity index (χ2n) is 3.90. The zero-order chi connectivity index (χ0) is 13.7. The molecule has 1 aromatic heterocycles. The molecule has 5 heteroatoms. The highest BCUT2D eigenvalue weighted by molar-refractivity contribution is 5.89. The highest BCUT2D eigenvalue weighted by Crippen LogP contribution is 2.13. The van der Waals surface area contributed by atoms with Crippen LogP contribution in [0.3, 0.4) is 0 Å². The van der Waals surface area contributed by atoms with Gasteiger partial charge in [0.05, 0.1) is 24.6 Å². The Balaban J connectivity index is 2.01. The fraction of sp³-hybridized carbons (Fsp3) is 0.143. The predicted octanol–water partition coefficient (Wildman–Crippen LogP) is 2.62. The van der Waals surface area contributed by atoms with Crippen molar-refractivity contribution in [2.45, 2.75) is 6.54 Å². The Kier molecular flexibility index (Phi) is 4.07. The molecule has 0 spiro atoms. The van der Waals surface area contributed by atoms with Crippen LogP contribution in [-0.2, 0) is 11.3 Å². The van der Waals surface area contributed by atoms with Crippen LogP contribution in [0.2, 0.25) is 0 Å². The maximum atomic E-state index is 13.3. The average Bonchev–Trinajstić information content (AvgIpc) is 2.46. The first-order valence-corrected chi connectivity index (χ1v) is 5.71. The number of esters is 1. The summed E-state index contributed by atoms with van der Waals surface area (Å²) in [7, 11) is 1.34. The summed E-state index contributed by atoms with van der Waals surface area (Å²) in [5, 5.41) is 2.96. The molecule has 0 saturated carbocycles. The van der Waals surface area contributed by atoms with Crippen molar-refractivity contribution >= 4 is 11.7 Å². The van der Waals surface area contributed by atoms with E-state index in [1.807, 2.05) is 0 Å². The van der Waals surface area contributed by atoms with Gasteiger partial charge in [0.25, 0.3) is 0 Å². The van der Waals surface area contributed by atoms with Gasteiger partial charge in [0.2, 0.25) is 0 Å².